The van der Waals surface area contributed by atoms with E-state index in [0.29, 0.717) is 31.8 Å². The highest BCUT2D eigenvalue weighted by Gasteiger charge is 2.12. The minimum atomic E-state index is -3.42. The monoisotopic (exact) mass is 315 g/mol. The van der Waals surface area contributed by atoms with Crippen LogP contribution in [-0.4, -0.2) is 53.9 Å². The van der Waals surface area contributed by atoms with Gasteiger partial charge < -0.3 is 15.4 Å². The van der Waals surface area contributed by atoms with Gasteiger partial charge in [-0.05, 0) is 12.1 Å². The highest BCUT2D eigenvalue weighted by Crippen LogP contribution is 2.15. The van der Waals surface area contributed by atoms with Crippen molar-refractivity contribution in [3.8, 4) is 0 Å². The molecule has 3 N–H and O–H groups in total. The van der Waals surface area contributed by atoms with Crippen molar-refractivity contribution in [1.82, 2.24) is 10.6 Å². The van der Waals surface area contributed by atoms with Gasteiger partial charge in [-0.3, -0.25) is 9.52 Å². The first-order chi connectivity index (χ1) is 9.94. The number of amides is 1. The maximum absolute atomic E-state index is 12.0. The second-order valence-electron chi connectivity index (χ2n) is 4.42. The zero-order chi connectivity index (χ0) is 15.7. The van der Waals surface area contributed by atoms with Crippen molar-refractivity contribution in [2.45, 2.75) is 0 Å². The number of para-hydroxylation sites is 1. The van der Waals surface area contributed by atoms with Gasteiger partial charge in [0.25, 0.3) is 5.91 Å². The Bertz CT molecular complexity index is 560. The minimum absolute atomic E-state index is 0.268. The first kappa shape index (κ1) is 17.4. The van der Waals surface area contributed by atoms with E-state index in [0.717, 1.165) is 6.26 Å². The van der Waals surface area contributed by atoms with E-state index in [2.05, 4.69) is 15.4 Å². The molecule has 1 aromatic rings. The number of ether oxygens (including phenoxy) is 1. The standard InChI is InChI=1S/C13H21N3O4S/c1-20-10-9-14-7-8-15-13(17)11-5-3-4-6-12(11)16-21(2,18)19/h3-6,14,16H,7-10H2,1-2H3,(H,15,17). The number of anilines is 1. The van der Waals surface area contributed by atoms with Gasteiger partial charge in [-0.1, -0.05) is 12.1 Å². The van der Waals surface area contributed by atoms with Crippen molar-refractivity contribution < 1.29 is 17.9 Å². The van der Waals surface area contributed by atoms with Gasteiger partial charge >= 0.3 is 0 Å². The highest BCUT2D eigenvalue weighted by molar-refractivity contribution is 7.92. The number of carbonyl (C=O) groups is 1. The molecule has 1 aromatic carbocycles. The minimum Gasteiger partial charge on any atom is -0.383 e. The summed E-state index contributed by atoms with van der Waals surface area (Å²) in [5.41, 5.74) is 0.560. The number of sulfonamides is 1. The van der Waals surface area contributed by atoms with E-state index in [-0.39, 0.29) is 11.6 Å². The maximum atomic E-state index is 12.0. The lowest BCUT2D eigenvalue weighted by Gasteiger charge is -2.11. The summed E-state index contributed by atoms with van der Waals surface area (Å²) in [6, 6.07) is 6.46. The third-order valence-electron chi connectivity index (χ3n) is 2.54. The summed E-state index contributed by atoms with van der Waals surface area (Å²) in [4.78, 5) is 12.0. The Morgan fingerprint density at radius 3 is 2.57 bits per heavy atom. The molecule has 0 aliphatic heterocycles. The second kappa shape index (κ2) is 8.60. The molecule has 0 bridgehead atoms. The summed E-state index contributed by atoms with van der Waals surface area (Å²) in [5.74, 6) is -0.324. The Kier molecular flexibility index (Phi) is 7.13. The topological polar surface area (TPSA) is 96.5 Å². The van der Waals surface area contributed by atoms with Crippen LogP contribution in [0.3, 0.4) is 0 Å². The lowest BCUT2D eigenvalue weighted by atomic mass is 10.1. The number of hydrogen-bond acceptors (Lipinski definition) is 5. The molecule has 0 fully saturated rings. The maximum Gasteiger partial charge on any atom is 0.253 e. The Morgan fingerprint density at radius 2 is 1.90 bits per heavy atom. The van der Waals surface area contributed by atoms with E-state index in [1.54, 1.807) is 31.4 Å². The van der Waals surface area contributed by atoms with Crippen LogP contribution in [0.2, 0.25) is 0 Å². The van der Waals surface area contributed by atoms with E-state index in [1.165, 1.54) is 0 Å². The van der Waals surface area contributed by atoms with Crippen molar-refractivity contribution in [1.29, 1.82) is 0 Å². The number of methoxy groups -OCH3 is 1. The van der Waals surface area contributed by atoms with Crippen LogP contribution in [0.5, 0.6) is 0 Å². The van der Waals surface area contributed by atoms with Gasteiger partial charge in [-0.15, -0.1) is 0 Å². The van der Waals surface area contributed by atoms with E-state index in [1.807, 2.05) is 0 Å². The van der Waals surface area contributed by atoms with Gasteiger partial charge in [0.2, 0.25) is 10.0 Å². The lowest BCUT2D eigenvalue weighted by molar-refractivity contribution is 0.0954. The lowest BCUT2D eigenvalue weighted by Crippen LogP contribution is -2.33. The molecule has 8 heteroatoms. The molecule has 1 rings (SSSR count). The molecule has 0 heterocycles. The Hall–Kier alpha value is -1.64. The number of nitrogens with one attached hydrogen (secondary N) is 3. The molecule has 0 saturated carbocycles. The van der Waals surface area contributed by atoms with E-state index >= 15 is 0 Å². The summed E-state index contributed by atoms with van der Waals surface area (Å²) >= 11 is 0. The van der Waals surface area contributed by atoms with Crippen LogP contribution in [0.25, 0.3) is 0 Å². The predicted molar refractivity (Wildman–Crippen MR) is 82.0 cm³/mol. The molecule has 0 atom stereocenters. The molecule has 21 heavy (non-hydrogen) atoms. The average Bonchev–Trinajstić information content (AvgIpc) is 2.41. The second-order valence-corrected chi connectivity index (χ2v) is 6.17. The molecule has 0 aromatic heterocycles. The first-order valence-corrected chi connectivity index (χ1v) is 8.38. The van der Waals surface area contributed by atoms with Crippen LogP contribution in [0.1, 0.15) is 10.4 Å². The SMILES string of the molecule is COCCNCCNC(=O)c1ccccc1NS(C)(=O)=O. The third kappa shape index (κ3) is 7.07. The Labute approximate surface area is 125 Å². The van der Waals surface area contributed by atoms with Gasteiger partial charge in [-0.2, -0.15) is 0 Å². The molecule has 0 radical (unpaired) electrons. The molecular weight excluding hydrogens is 294 g/mol. The normalized spacial score (nSPS) is 11.1. The van der Waals surface area contributed by atoms with Gasteiger partial charge in [0.05, 0.1) is 24.1 Å². The summed E-state index contributed by atoms with van der Waals surface area (Å²) in [7, 11) is -1.80. The van der Waals surface area contributed by atoms with Crippen molar-refractivity contribution in [2.24, 2.45) is 0 Å². The third-order valence-corrected chi connectivity index (χ3v) is 3.13. The molecule has 7 nitrogen and oxygen atoms in total. The van der Waals surface area contributed by atoms with Gasteiger partial charge in [0.15, 0.2) is 0 Å². The number of benzene rings is 1. The molecular formula is C13H21N3O4S. The molecule has 0 unspecified atom stereocenters. The molecule has 0 aliphatic carbocycles. The quantitative estimate of drug-likeness (QED) is 0.559. The zero-order valence-corrected chi connectivity index (χ0v) is 13.0. The van der Waals surface area contributed by atoms with E-state index in [4.69, 9.17) is 4.74 Å². The smallest absolute Gasteiger partial charge is 0.253 e. The predicted octanol–water partition coefficient (Wildman–Crippen LogP) is 0.0239. The van der Waals surface area contributed by atoms with Crippen molar-refractivity contribution in [3.63, 3.8) is 0 Å². The van der Waals surface area contributed by atoms with E-state index in [9.17, 15) is 13.2 Å². The van der Waals surface area contributed by atoms with Crippen LogP contribution in [0.15, 0.2) is 24.3 Å². The fourth-order valence-electron chi connectivity index (χ4n) is 1.63. The fourth-order valence-corrected chi connectivity index (χ4v) is 2.21. The zero-order valence-electron chi connectivity index (χ0n) is 12.2. The highest BCUT2D eigenvalue weighted by atomic mass is 32.2. The number of hydrogen-bond donors (Lipinski definition) is 3. The van der Waals surface area contributed by atoms with Crippen LogP contribution in [0, 0.1) is 0 Å². The van der Waals surface area contributed by atoms with Crippen molar-refractivity contribution in [2.75, 3.05) is 44.3 Å². The molecule has 0 spiro atoms. The Balaban J connectivity index is 2.54. The fraction of sp³-hybridized carbons (Fsp3) is 0.462. The van der Waals surface area contributed by atoms with Crippen molar-refractivity contribution in [3.05, 3.63) is 29.8 Å². The average molecular weight is 315 g/mol. The molecule has 1 amide bonds. The van der Waals surface area contributed by atoms with Gasteiger partial charge in [-0.25, -0.2) is 8.42 Å². The van der Waals surface area contributed by atoms with Crippen LogP contribution < -0.4 is 15.4 Å². The van der Waals surface area contributed by atoms with Gasteiger partial charge in [0, 0.05) is 26.7 Å². The summed E-state index contributed by atoms with van der Waals surface area (Å²) in [5, 5.41) is 5.82. The molecule has 0 saturated heterocycles. The van der Waals surface area contributed by atoms with E-state index < -0.39 is 10.0 Å². The summed E-state index contributed by atoms with van der Waals surface area (Å²) < 4.78 is 29.8. The summed E-state index contributed by atoms with van der Waals surface area (Å²) in [6.45, 7) is 2.36. The van der Waals surface area contributed by atoms with Crippen LogP contribution in [0.4, 0.5) is 5.69 Å². The molecule has 0 aliphatic rings. The van der Waals surface area contributed by atoms with Crippen LogP contribution in [-0.2, 0) is 14.8 Å². The number of rotatable bonds is 9. The van der Waals surface area contributed by atoms with Crippen molar-refractivity contribution >= 4 is 21.6 Å². The summed E-state index contributed by atoms with van der Waals surface area (Å²) in [6.07, 6.45) is 1.04. The number of carbonyl (C=O) groups excluding carboxylic acids is 1. The molecule has 118 valence electrons. The first-order valence-electron chi connectivity index (χ1n) is 6.48. The van der Waals surface area contributed by atoms with Crippen LogP contribution >= 0.6 is 0 Å². The Morgan fingerprint density at radius 1 is 1.19 bits per heavy atom. The largest absolute Gasteiger partial charge is 0.383 e. The van der Waals surface area contributed by atoms with Gasteiger partial charge in [0.1, 0.15) is 0 Å².